The summed E-state index contributed by atoms with van der Waals surface area (Å²) in [5.74, 6) is -0.513. The summed E-state index contributed by atoms with van der Waals surface area (Å²) in [5.41, 5.74) is 2.82. The summed E-state index contributed by atoms with van der Waals surface area (Å²) < 4.78 is 5.37. The van der Waals surface area contributed by atoms with Crippen molar-refractivity contribution in [3.8, 4) is 0 Å². The van der Waals surface area contributed by atoms with Crippen molar-refractivity contribution in [3.63, 3.8) is 0 Å². The lowest BCUT2D eigenvalue weighted by atomic mass is 10.1. The van der Waals surface area contributed by atoms with Gasteiger partial charge in [-0.05, 0) is 68.3 Å². The van der Waals surface area contributed by atoms with Crippen molar-refractivity contribution in [2.24, 2.45) is 0 Å². The monoisotopic (exact) mass is 439 g/mol. The number of carbonyl (C=O) groups excluding carboxylic acids is 2. The number of nitrogens with zero attached hydrogens (tertiary/aromatic N) is 2. The third-order valence-electron chi connectivity index (χ3n) is 5.67. The second-order valence-electron chi connectivity index (χ2n) is 7.76. The second-order valence-corrected chi connectivity index (χ2v) is 8.71. The summed E-state index contributed by atoms with van der Waals surface area (Å²) in [5, 5.41) is 5.17. The SMILES string of the molecule is CCOCCCN1C(=O)C(Nc2ccc(N3CCCCC3)cc2)=C(c2cccs2)C1=O. The Balaban J connectivity index is 1.53. The summed E-state index contributed by atoms with van der Waals surface area (Å²) >= 11 is 1.47. The van der Waals surface area contributed by atoms with E-state index in [0.717, 1.165) is 23.7 Å². The highest BCUT2D eigenvalue weighted by molar-refractivity contribution is 7.11. The molecule has 6 nitrogen and oxygen atoms in total. The quantitative estimate of drug-likeness (QED) is 0.465. The van der Waals surface area contributed by atoms with Crippen molar-refractivity contribution in [2.45, 2.75) is 32.6 Å². The highest BCUT2D eigenvalue weighted by Gasteiger charge is 2.39. The first kappa shape index (κ1) is 21.6. The average molecular weight is 440 g/mol. The third-order valence-corrected chi connectivity index (χ3v) is 6.56. The maximum atomic E-state index is 13.1. The molecule has 0 atom stereocenters. The van der Waals surface area contributed by atoms with Crippen molar-refractivity contribution in [1.29, 1.82) is 0 Å². The summed E-state index contributed by atoms with van der Waals surface area (Å²) in [6, 6.07) is 11.9. The predicted octanol–water partition coefficient (Wildman–Crippen LogP) is 4.36. The van der Waals surface area contributed by atoms with E-state index in [0.29, 0.717) is 37.4 Å². The van der Waals surface area contributed by atoms with Crippen molar-refractivity contribution in [2.75, 3.05) is 43.1 Å². The number of nitrogens with one attached hydrogen (secondary N) is 1. The zero-order valence-electron chi connectivity index (χ0n) is 17.9. The van der Waals surface area contributed by atoms with Gasteiger partial charge in [0.1, 0.15) is 5.70 Å². The molecule has 0 unspecified atom stereocenters. The van der Waals surface area contributed by atoms with Gasteiger partial charge in [0, 0.05) is 49.1 Å². The Morgan fingerprint density at radius 1 is 1.03 bits per heavy atom. The third kappa shape index (κ3) is 4.83. The van der Waals surface area contributed by atoms with Crippen molar-refractivity contribution in [1.82, 2.24) is 4.90 Å². The minimum absolute atomic E-state index is 0.239. The maximum Gasteiger partial charge on any atom is 0.278 e. The number of amides is 2. The zero-order chi connectivity index (χ0) is 21.6. The lowest BCUT2D eigenvalue weighted by molar-refractivity contribution is -0.137. The minimum atomic E-state index is -0.273. The van der Waals surface area contributed by atoms with E-state index in [1.807, 2.05) is 36.6 Å². The largest absolute Gasteiger partial charge is 0.382 e. The first-order valence-electron chi connectivity index (χ1n) is 11.0. The highest BCUT2D eigenvalue weighted by atomic mass is 32.1. The van der Waals surface area contributed by atoms with Crippen LogP contribution in [0.2, 0.25) is 0 Å². The molecule has 164 valence electrons. The molecule has 7 heteroatoms. The number of hydrogen-bond acceptors (Lipinski definition) is 6. The molecule has 0 radical (unpaired) electrons. The number of imide groups is 1. The highest BCUT2D eigenvalue weighted by Crippen LogP contribution is 2.33. The van der Waals surface area contributed by atoms with E-state index < -0.39 is 0 Å². The van der Waals surface area contributed by atoms with Crippen molar-refractivity contribution >= 4 is 40.1 Å². The number of benzene rings is 1. The molecule has 2 aliphatic rings. The molecular formula is C24H29N3O3S. The van der Waals surface area contributed by atoms with Crippen LogP contribution in [0, 0.1) is 0 Å². The van der Waals surface area contributed by atoms with Gasteiger partial charge in [0.15, 0.2) is 0 Å². The Labute approximate surface area is 187 Å². The van der Waals surface area contributed by atoms with Crippen LogP contribution in [0.3, 0.4) is 0 Å². The van der Waals surface area contributed by atoms with Crippen LogP contribution in [0.25, 0.3) is 5.57 Å². The fourth-order valence-corrected chi connectivity index (χ4v) is 4.83. The number of rotatable bonds is 9. The molecule has 2 amide bonds. The van der Waals surface area contributed by atoms with E-state index in [2.05, 4.69) is 22.3 Å². The van der Waals surface area contributed by atoms with Gasteiger partial charge in [-0.25, -0.2) is 0 Å². The second kappa shape index (κ2) is 10.1. The van der Waals surface area contributed by atoms with Crippen molar-refractivity contribution in [3.05, 3.63) is 52.4 Å². The van der Waals surface area contributed by atoms with Crippen LogP contribution in [0.15, 0.2) is 47.5 Å². The smallest absolute Gasteiger partial charge is 0.278 e. The van der Waals surface area contributed by atoms with E-state index in [1.54, 1.807) is 0 Å². The van der Waals surface area contributed by atoms with E-state index in [9.17, 15) is 9.59 Å². The first-order valence-corrected chi connectivity index (χ1v) is 11.9. The van der Waals surface area contributed by atoms with E-state index in [-0.39, 0.29) is 11.8 Å². The van der Waals surface area contributed by atoms with E-state index in [4.69, 9.17) is 4.74 Å². The molecule has 1 aromatic heterocycles. The Kier molecular flexibility index (Phi) is 7.04. The van der Waals surface area contributed by atoms with Gasteiger partial charge < -0.3 is 15.0 Å². The zero-order valence-corrected chi connectivity index (χ0v) is 18.7. The molecule has 1 N–H and O–H groups in total. The molecule has 2 aliphatic heterocycles. The van der Waals surface area contributed by atoms with Crippen LogP contribution in [-0.2, 0) is 14.3 Å². The van der Waals surface area contributed by atoms with Crippen LogP contribution in [0.1, 0.15) is 37.5 Å². The summed E-state index contributed by atoms with van der Waals surface area (Å²) in [6.45, 7) is 5.62. The molecule has 0 bridgehead atoms. The molecule has 1 saturated heterocycles. The molecular weight excluding hydrogens is 410 g/mol. The predicted molar refractivity (Wildman–Crippen MR) is 125 cm³/mol. The number of piperidine rings is 1. The van der Waals surface area contributed by atoms with Crippen LogP contribution in [0.5, 0.6) is 0 Å². The van der Waals surface area contributed by atoms with E-state index in [1.165, 1.54) is 41.2 Å². The summed E-state index contributed by atoms with van der Waals surface area (Å²) in [7, 11) is 0. The number of thiophene rings is 1. The molecule has 0 aliphatic carbocycles. The lowest BCUT2D eigenvalue weighted by Gasteiger charge is -2.28. The summed E-state index contributed by atoms with van der Waals surface area (Å²) in [4.78, 5) is 30.8. The van der Waals surface area contributed by atoms with Crippen LogP contribution < -0.4 is 10.2 Å². The molecule has 0 saturated carbocycles. The molecule has 1 aromatic carbocycles. The Bertz CT molecular complexity index is 931. The van der Waals surface area contributed by atoms with Gasteiger partial charge in [-0.3, -0.25) is 14.5 Å². The van der Waals surface area contributed by atoms with Gasteiger partial charge in [0.2, 0.25) is 0 Å². The minimum Gasteiger partial charge on any atom is -0.382 e. The Morgan fingerprint density at radius 2 is 1.81 bits per heavy atom. The van der Waals surface area contributed by atoms with Crippen LogP contribution >= 0.6 is 11.3 Å². The topological polar surface area (TPSA) is 61.9 Å². The maximum absolute atomic E-state index is 13.1. The van der Waals surface area contributed by atoms with Crippen molar-refractivity contribution < 1.29 is 14.3 Å². The van der Waals surface area contributed by atoms with Gasteiger partial charge in [-0.2, -0.15) is 0 Å². The van der Waals surface area contributed by atoms with Gasteiger partial charge >= 0.3 is 0 Å². The molecule has 31 heavy (non-hydrogen) atoms. The summed E-state index contributed by atoms with van der Waals surface area (Å²) in [6.07, 6.45) is 4.38. The lowest BCUT2D eigenvalue weighted by Crippen LogP contribution is -2.34. The van der Waals surface area contributed by atoms with Crippen LogP contribution in [0.4, 0.5) is 11.4 Å². The normalized spacial score (nSPS) is 17.1. The Hall–Kier alpha value is -2.64. The number of hydrogen-bond donors (Lipinski definition) is 1. The fourth-order valence-electron chi connectivity index (χ4n) is 4.07. The molecule has 3 heterocycles. The van der Waals surface area contributed by atoms with Gasteiger partial charge in [0.25, 0.3) is 11.8 Å². The van der Waals surface area contributed by atoms with Crippen LogP contribution in [-0.4, -0.2) is 49.6 Å². The molecule has 0 spiro atoms. The number of carbonyl (C=O) groups is 2. The Morgan fingerprint density at radius 3 is 2.48 bits per heavy atom. The molecule has 4 rings (SSSR count). The van der Waals surface area contributed by atoms with Gasteiger partial charge in [-0.1, -0.05) is 6.07 Å². The number of ether oxygens (including phenoxy) is 1. The molecule has 1 fully saturated rings. The average Bonchev–Trinajstić information content (AvgIpc) is 3.40. The standard InChI is InChI=1S/C24H29N3O3S/c1-2-30-16-7-15-27-23(28)21(20-8-6-17-31-20)22(24(27)29)25-18-9-11-19(12-10-18)26-13-4-3-5-14-26/h6,8-12,17,25H,2-5,7,13-16H2,1H3. The van der Waals surface area contributed by atoms with Gasteiger partial charge in [0.05, 0.1) is 5.57 Å². The first-order chi connectivity index (χ1) is 15.2. The molecule has 2 aromatic rings. The van der Waals surface area contributed by atoms with E-state index >= 15 is 0 Å². The van der Waals surface area contributed by atoms with Gasteiger partial charge in [-0.15, -0.1) is 11.3 Å². The fraction of sp³-hybridized carbons (Fsp3) is 0.417. The number of anilines is 2.